The van der Waals surface area contributed by atoms with Gasteiger partial charge in [-0.15, -0.1) is 10.2 Å². The van der Waals surface area contributed by atoms with Crippen LogP contribution in [-0.2, 0) is 30.7 Å². The number of fused-ring (bicyclic) bond motifs is 1. The number of nitrogens with zero attached hydrogens (tertiary/aromatic N) is 6. The van der Waals surface area contributed by atoms with Gasteiger partial charge in [0.25, 0.3) is 0 Å². The summed E-state index contributed by atoms with van der Waals surface area (Å²) in [6, 6.07) is 23.0. The van der Waals surface area contributed by atoms with Crippen molar-refractivity contribution in [2.75, 3.05) is 23.3 Å². The van der Waals surface area contributed by atoms with Gasteiger partial charge < -0.3 is 20.5 Å². The normalized spacial score (nSPS) is 11.4. The van der Waals surface area contributed by atoms with E-state index < -0.39 is 0 Å². The van der Waals surface area contributed by atoms with Crippen LogP contribution in [0.4, 0.5) is 11.5 Å². The molecule has 5 rings (SSSR count). The van der Waals surface area contributed by atoms with E-state index in [1.807, 2.05) is 114 Å². The Hall–Kier alpha value is -4.81. The summed E-state index contributed by atoms with van der Waals surface area (Å²) in [5.74, 6) is 2.41. The molecule has 3 heterocycles. The van der Waals surface area contributed by atoms with Gasteiger partial charge in [0.1, 0.15) is 11.6 Å². The molecule has 0 saturated heterocycles. The van der Waals surface area contributed by atoms with Gasteiger partial charge in [0.15, 0.2) is 5.82 Å². The zero-order valence-electron chi connectivity index (χ0n) is 26.0. The van der Waals surface area contributed by atoms with E-state index in [-0.39, 0.29) is 5.91 Å². The second-order valence-electron chi connectivity index (χ2n) is 9.36. The molecule has 0 spiro atoms. The molecule has 0 bridgehead atoms. The quantitative estimate of drug-likeness (QED) is 0.274. The molecule has 9 heteroatoms. The number of hydrogen-bond acceptors (Lipinski definition) is 7. The molecule has 0 fully saturated rings. The lowest BCUT2D eigenvalue weighted by molar-refractivity contribution is -0.115. The molecular weight excluding hydrogens is 536 g/mol. The first-order chi connectivity index (χ1) is 21.0. The minimum absolute atomic E-state index is 0.0713. The summed E-state index contributed by atoms with van der Waals surface area (Å²) >= 11 is 0. The Balaban J connectivity index is 0.000000315. The van der Waals surface area contributed by atoms with E-state index in [9.17, 15) is 4.79 Å². The highest BCUT2D eigenvalue weighted by Crippen LogP contribution is 2.21. The molecule has 226 valence electrons. The molecule has 0 unspecified atom stereocenters. The Bertz CT molecular complexity index is 1420. The topological polar surface area (TPSA) is 126 Å². The van der Waals surface area contributed by atoms with E-state index >= 15 is 0 Å². The van der Waals surface area contributed by atoms with Crippen molar-refractivity contribution in [3.05, 3.63) is 113 Å². The van der Waals surface area contributed by atoms with Gasteiger partial charge >= 0.3 is 0 Å². The summed E-state index contributed by atoms with van der Waals surface area (Å²) < 4.78 is 2.14. The molecule has 1 aliphatic heterocycles. The van der Waals surface area contributed by atoms with Crippen molar-refractivity contribution >= 4 is 17.4 Å². The third-order valence-corrected chi connectivity index (χ3v) is 6.38. The zero-order valence-corrected chi connectivity index (χ0v) is 26.0. The smallest absolute Gasteiger partial charge is 0.229 e. The monoisotopic (exact) mass is 580 g/mol. The zero-order chi connectivity index (χ0) is 31.5. The number of aromatic nitrogens is 4. The van der Waals surface area contributed by atoms with Crippen LogP contribution in [0.5, 0.6) is 0 Å². The number of pyridine rings is 1. The van der Waals surface area contributed by atoms with Crippen molar-refractivity contribution in [2.24, 2.45) is 5.73 Å². The van der Waals surface area contributed by atoms with E-state index in [0.29, 0.717) is 30.9 Å². The van der Waals surface area contributed by atoms with Gasteiger partial charge in [-0.25, -0.2) is 4.98 Å². The number of allylic oxidation sites excluding steroid dienone is 2. The molecule has 43 heavy (non-hydrogen) atoms. The van der Waals surface area contributed by atoms with Gasteiger partial charge in [0.05, 0.1) is 36.5 Å². The molecule has 2 aromatic carbocycles. The van der Waals surface area contributed by atoms with Crippen molar-refractivity contribution in [3.8, 4) is 6.07 Å². The molecule has 0 radical (unpaired) electrons. The fourth-order valence-corrected chi connectivity index (χ4v) is 4.05. The van der Waals surface area contributed by atoms with Crippen molar-refractivity contribution in [1.29, 1.82) is 5.26 Å². The number of carbonyl (C=O) groups excluding carboxylic acids is 1. The summed E-state index contributed by atoms with van der Waals surface area (Å²) in [6.45, 7) is 13.1. The average Bonchev–Trinajstić information content (AvgIpc) is 3.43. The first-order valence-electron chi connectivity index (χ1n) is 14.7. The number of hydrogen-bond donors (Lipinski definition) is 2. The molecule has 4 aromatic rings. The van der Waals surface area contributed by atoms with E-state index in [2.05, 4.69) is 36.0 Å². The maximum absolute atomic E-state index is 12.1. The standard InChI is InChI=1S/C19H20N6O.C9H10N2.C4H8.C2H6/c1-14-22-23-18-13-24(9-10-25(14)18)16-7-8-17(20-12-16)21-19(26)11-15-5-3-2-4-6-15;10-6-5-8-1-3-9(7-11)4-2-8;1-3-4-2;1-2/h2-8,12H,9-11,13H2,1H3,(H,20,21,26);1-4H,5-6,10H2;3-4H,1-2H3;1-2H3/b;;4-3-;. The summed E-state index contributed by atoms with van der Waals surface area (Å²) in [6.07, 6.45) is 7.01. The number of rotatable bonds is 6. The Morgan fingerprint density at radius 1 is 0.977 bits per heavy atom. The Morgan fingerprint density at radius 3 is 2.26 bits per heavy atom. The lowest BCUT2D eigenvalue weighted by atomic mass is 10.1. The highest BCUT2D eigenvalue weighted by molar-refractivity contribution is 5.91. The number of benzene rings is 2. The minimum atomic E-state index is -0.0713. The van der Waals surface area contributed by atoms with Gasteiger partial charge in [-0.05, 0) is 69.1 Å². The fraction of sp³-hybridized carbons (Fsp3) is 0.324. The summed E-state index contributed by atoms with van der Waals surface area (Å²) in [4.78, 5) is 18.7. The van der Waals surface area contributed by atoms with E-state index in [4.69, 9.17) is 11.0 Å². The molecule has 0 saturated carbocycles. The summed E-state index contributed by atoms with van der Waals surface area (Å²) in [5, 5.41) is 19.7. The molecule has 2 aromatic heterocycles. The van der Waals surface area contributed by atoms with Gasteiger partial charge in [-0.3, -0.25) is 4.79 Å². The second-order valence-corrected chi connectivity index (χ2v) is 9.36. The van der Waals surface area contributed by atoms with Crippen LogP contribution in [0.15, 0.2) is 85.1 Å². The van der Waals surface area contributed by atoms with Crippen LogP contribution in [0.3, 0.4) is 0 Å². The minimum Gasteiger partial charge on any atom is -0.361 e. The third kappa shape index (κ3) is 11.5. The van der Waals surface area contributed by atoms with Gasteiger partial charge in [0.2, 0.25) is 5.91 Å². The Kier molecular flexibility index (Phi) is 15.5. The molecule has 1 aliphatic rings. The predicted octanol–water partition coefficient (Wildman–Crippen LogP) is 5.85. The van der Waals surface area contributed by atoms with Crippen molar-refractivity contribution < 1.29 is 4.79 Å². The summed E-state index contributed by atoms with van der Waals surface area (Å²) in [5.41, 5.74) is 9.25. The van der Waals surface area contributed by atoms with Crippen LogP contribution >= 0.6 is 0 Å². The van der Waals surface area contributed by atoms with Crippen LogP contribution in [0.1, 0.15) is 56.0 Å². The molecule has 1 amide bonds. The fourth-order valence-electron chi connectivity index (χ4n) is 4.05. The number of nitriles is 1. The van der Waals surface area contributed by atoms with E-state index in [1.54, 1.807) is 6.20 Å². The van der Waals surface area contributed by atoms with E-state index in [0.717, 1.165) is 42.4 Å². The molecular formula is C34H44N8O. The molecule has 0 atom stereocenters. The average molecular weight is 581 g/mol. The molecule has 9 nitrogen and oxygen atoms in total. The first-order valence-corrected chi connectivity index (χ1v) is 14.7. The predicted molar refractivity (Wildman–Crippen MR) is 175 cm³/mol. The highest BCUT2D eigenvalue weighted by Gasteiger charge is 2.20. The molecule has 0 aliphatic carbocycles. The Labute approximate surface area is 256 Å². The number of amides is 1. The molecule has 3 N–H and O–H groups in total. The number of carbonyl (C=O) groups is 1. The van der Waals surface area contributed by atoms with Crippen LogP contribution in [0.25, 0.3) is 0 Å². The van der Waals surface area contributed by atoms with Crippen LogP contribution in [0, 0.1) is 18.3 Å². The lowest BCUT2D eigenvalue weighted by Crippen LogP contribution is -2.34. The highest BCUT2D eigenvalue weighted by atomic mass is 16.1. The van der Waals surface area contributed by atoms with E-state index in [1.165, 1.54) is 5.56 Å². The maximum atomic E-state index is 12.1. The van der Waals surface area contributed by atoms with Crippen molar-refractivity contribution in [2.45, 2.75) is 60.5 Å². The number of nitrogens with one attached hydrogen (secondary N) is 1. The number of anilines is 2. The number of nitrogens with two attached hydrogens (primary N) is 1. The SMILES string of the molecule is C/C=C\C.CC.Cc1nnc2n1CCN(c1ccc(NC(=O)Cc3ccccc3)nc1)C2.N#Cc1ccc(CCN)cc1. The largest absolute Gasteiger partial charge is 0.361 e. The first kappa shape index (κ1) is 34.4. The van der Waals surface area contributed by atoms with Crippen molar-refractivity contribution in [3.63, 3.8) is 0 Å². The second kappa shape index (κ2) is 19.3. The lowest BCUT2D eigenvalue weighted by Gasteiger charge is -2.29. The maximum Gasteiger partial charge on any atom is 0.229 e. The number of aryl methyl sites for hydroxylation is 1. The van der Waals surface area contributed by atoms with Crippen molar-refractivity contribution in [1.82, 2.24) is 19.7 Å². The third-order valence-electron chi connectivity index (χ3n) is 6.38. The van der Waals surface area contributed by atoms with Gasteiger partial charge in [-0.1, -0.05) is 68.5 Å². The van der Waals surface area contributed by atoms with Crippen LogP contribution < -0.4 is 16.0 Å². The Morgan fingerprint density at radius 2 is 1.67 bits per heavy atom. The van der Waals surface area contributed by atoms with Gasteiger partial charge in [0, 0.05) is 13.1 Å². The summed E-state index contributed by atoms with van der Waals surface area (Å²) in [7, 11) is 0. The van der Waals surface area contributed by atoms with Crippen LogP contribution in [-0.4, -0.2) is 38.7 Å². The van der Waals surface area contributed by atoms with Gasteiger partial charge in [-0.2, -0.15) is 5.26 Å². The van der Waals surface area contributed by atoms with Crippen LogP contribution in [0.2, 0.25) is 0 Å².